The molecule has 0 radical (unpaired) electrons. The van der Waals surface area contributed by atoms with E-state index in [1.165, 1.54) is 0 Å². The van der Waals surface area contributed by atoms with E-state index >= 15 is 0 Å². The van der Waals surface area contributed by atoms with Gasteiger partial charge in [0.2, 0.25) is 0 Å². The van der Waals surface area contributed by atoms with Gasteiger partial charge in [0.15, 0.2) is 6.61 Å². The third-order valence-corrected chi connectivity index (χ3v) is 3.97. The number of hydrogen-bond acceptors (Lipinski definition) is 3. The number of carbonyl (C=O) groups is 1. The summed E-state index contributed by atoms with van der Waals surface area (Å²) in [5, 5.41) is 12.8. The first kappa shape index (κ1) is 16.2. The summed E-state index contributed by atoms with van der Waals surface area (Å²) in [4.78, 5) is 15.4. The van der Waals surface area contributed by atoms with Crippen molar-refractivity contribution in [2.24, 2.45) is 0 Å². The second kappa shape index (κ2) is 6.83. The van der Waals surface area contributed by atoms with Crippen LogP contribution in [0.15, 0.2) is 42.5 Å². The molecule has 2 aromatic carbocycles. The molecule has 5 nitrogen and oxygen atoms in total. The number of nitrogens with zero attached hydrogens (tertiary/aromatic N) is 1. The molecule has 1 aromatic heterocycles. The van der Waals surface area contributed by atoms with Crippen LogP contribution in [0.3, 0.4) is 0 Å². The molecular weight excluding hydrogens is 349 g/mol. The molecule has 3 aromatic rings. The third kappa shape index (κ3) is 3.30. The molecule has 0 unspecified atom stereocenters. The van der Waals surface area contributed by atoms with Gasteiger partial charge in [-0.15, -0.1) is 0 Å². The fourth-order valence-electron chi connectivity index (χ4n) is 2.23. The summed E-state index contributed by atoms with van der Waals surface area (Å²) in [6, 6.07) is 13.8. The second-order valence-corrected chi connectivity index (χ2v) is 5.74. The summed E-state index contributed by atoms with van der Waals surface area (Å²) in [7, 11) is 0. The summed E-state index contributed by atoms with van der Waals surface area (Å²) >= 11 is 12.2. The first-order valence-corrected chi connectivity index (χ1v) is 7.72. The van der Waals surface area contributed by atoms with Crippen LogP contribution in [0.5, 0.6) is 5.75 Å². The van der Waals surface area contributed by atoms with Gasteiger partial charge in [0.25, 0.3) is 5.91 Å². The maximum absolute atomic E-state index is 12.4. The van der Waals surface area contributed by atoms with Gasteiger partial charge in [0.05, 0.1) is 5.02 Å². The molecule has 1 heterocycles. The molecule has 7 heteroatoms. The van der Waals surface area contributed by atoms with E-state index in [2.05, 4.69) is 10.3 Å². The molecule has 1 amide bonds. The van der Waals surface area contributed by atoms with E-state index in [-0.39, 0.29) is 18.2 Å². The number of fused-ring (bicyclic) bond motifs is 1. The van der Waals surface area contributed by atoms with Crippen molar-refractivity contribution in [3.8, 4) is 11.8 Å². The Hall–Kier alpha value is -2.68. The van der Waals surface area contributed by atoms with Crippen molar-refractivity contribution in [2.75, 3.05) is 11.9 Å². The van der Waals surface area contributed by atoms with Gasteiger partial charge >= 0.3 is 0 Å². The van der Waals surface area contributed by atoms with Crippen LogP contribution in [0, 0.1) is 11.3 Å². The second-order valence-electron chi connectivity index (χ2n) is 4.93. The SMILES string of the molecule is N#CCOc1ccc(NC(=O)c2[nH]c3ccc(Cl)cc3c2Cl)cc1. The molecular formula is C17H11Cl2N3O2. The number of hydrogen-bond donors (Lipinski definition) is 2. The molecule has 0 aliphatic heterocycles. The molecule has 120 valence electrons. The van der Waals surface area contributed by atoms with Crippen LogP contribution in [0.1, 0.15) is 10.5 Å². The number of nitrogens with one attached hydrogen (secondary N) is 2. The summed E-state index contributed by atoms with van der Waals surface area (Å²) in [6.07, 6.45) is 0. The minimum atomic E-state index is -0.363. The Morgan fingerprint density at radius 1 is 1.21 bits per heavy atom. The van der Waals surface area contributed by atoms with E-state index in [1.807, 2.05) is 6.07 Å². The Morgan fingerprint density at radius 3 is 2.67 bits per heavy atom. The van der Waals surface area contributed by atoms with E-state index < -0.39 is 0 Å². The summed E-state index contributed by atoms with van der Waals surface area (Å²) in [5.74, 6) is 0.186. The molecule has 0 atom stereocenters. The molecule has 0 spiro atoms. The molecule has 24 heavy (non-hydrogen) atoms. The third-order valence-electron chi connectivity index (χ3n) is 3.34. The molecule has 0 saturated carbocycles. The molecule has 0 fully saturated rings. The minimum Gasteiger partial charge on any atom is -0.479 e. The Bertz CT molecular complexity index is 943. The van der Waals surface area contributed by atoms with Gasteiger partial charge in [-0.3, -0.25) is 4.79 Å². The lowest BCUT2D eigenvalue weighted by atomic mass is 10.2. The predicted molar refractivity (Wildman–Crippen MR) is 93.8 cm³/mol. The number of ether oxygens (including phenoxy) is 1. The fourth-order valence-corrected chi connectivity index (χ4v) is 2.69. The lowest BCUT2D eigenvalue weighted by Crippen LogP contribution is -2.12. The van der Waals surface area contributed by atoms with Crippen LogP contribution < -0.4 is 10.1 Å². The zero-order valence-electron chi connectivity index (χ0n) is 12.3. The first-order chi connectivity index (χ1) is 11.6. The molecule has 0 saturated heterocycles. The van der Waals surface area contributed by atoms with Gasteiger partial charge in [-0.2, -0.15) is 5.26 Å². The predicted octanol–water partition coefficient (Wildman–Crippen LogP) is 4.63. The van der Waals surface area contributed by atoms with Crippen LogP contribution >= 0.6 is 23.2 Å². The van der Waals surface area contributed by atoms with Crippen molar-refractivity contribution in [1.82, 2.24) is 4.98 Å². The van der Waals surface area contributed by atoms with Crippen LogP contribution in [0.2, 0.25) is 10.0 Å². The van der Waals surface area contributed by atoms with Gasteiger partial charge < -0.3 is 15.0 Å². The first-order valence-electron chi connectivity index (χ1n) is 6.96. The topological polar surface area (TPSA) is 77.9 Å². The highest BCUT2D eigenvalue weighted by Gasteiger charge is 2.16. The molecule has 0 aliphatic carbocycles. The van der Waals surface area contributed by atoms with Gasteiger partial charge in [0.1, 0.15) is 17.5 Å². The van der Waals surface area contributed by atoms with Crippen molar-refractivity contribution in [3.05, 3.63) is 58.2 Å². The summed E-state index contributed by atoms with van der Waals surface area (Å²) in [6.45, 7) is -0.0288. The maximum Gasteiger partial charge on any atom is 0.273 e. The Labute approximate surface area is 147 Å². The number of amides is 1. The van der Waals surface area contributed by atoms with E-state index in [0.29, 0.717) is 26.9 Å². The smallest absolute Gasteiger partial charge is 0.273 e. The van der Waals surface area contributed by atoms with Crippen molar-refractivity contribution in [3.63, 3.8) is 0 Å². The van der Waals surface area contributed by atoms with Crippen LogP contribution in [-0.2, 0) is 0 Å². The van der Waals surface area contributed by atoms with E-state index in [0.717, 1.165) is 5.52 Å². The Balaban J connectivity index is 1.80. The van der Waals surface area contributed by atoms with Crippen molar-refractivity contribution >= 4 is 45.7 Å². The van der Waals surface area contributed by atoms with Gasteiger partial charge in [-0.25, -0.2) is 0 Å². The van der Waals surface area contributed by atoms with Crippen molar-refractivity contribution in [1.29, 1.82) is 5.26 Å². The number of halogens is 2. The Morgan fingerprint density at radius 2 is 1.96 bits per heavy atom. The molecule has 2 N–H and O–H groups in total. The number of aromatic amines is 1. The van der Waals surface area contributed by atoms with Crippen LogP contribution in [0.25, 0.3) is 10.9 Å². The van der Waals surface area contributed by atoms with Crippen molar-refractivity contribution in [2.45, 2.75) is 0 Å². The molecule has 3 rings (SSSR count). The summed E-state index contributed by atoms with van der Waals surface area (Å²) in [5.41, 5.74) is 1.57. The largest absolute Gasteiger partial charge is 0.479 e. The highest BCUT2D eigenvalue weighted by Crippen LogP contribution is 2.30. The number of carbonyl (C=O) groups excluding carboxylic acids is 1. The fraction of sp³-hybridized carbons (Fsp3) is 0.0588. The summed E-state index contributed by atoms with van der Waals surface area (Å²) < 4.78 is 5.16. The number of rotatable bonds is 4. The number of benzene rings is 2. The van der Waals surface area contributed by atoms with Crippen LogP contribution in [-0.4, -0.2) is 17.5 Å². The minimum absolute atomic E-state index is 0.0288. The standard InChI is InChI=1S/C17H11Cl2N3O2/c18-10-1-6-14-13(9-10)15(19)16(22-14)17(23)21-11-2-4-12(5-3-11)24-8-7-20/h1-6,9,22H,8H2,(H,21,23). The zero-order valence-corrected chi connectivity index (χ0v) is 13.8. The number of anilines is 1. The zero-order chi connectivity index (χ0) is 17.1. The van der Waals surface area contributed by atoms with Gasteiger partial charge in [-0.1, -0.05) is 23.2 Å². The highest BCUT2D eigenvalue weighted by molar-refractivity contribution is 6.40. The van der Waals surface area contributed by atoms with Crippen molar-refractivity contribution < 1.29 is 9.53 Å². The van der Waals surface area contributed by atoms with Crippen LogP contribution in [0.4, 0.5) is 5.69 Å². The number of aromatic nitrogens is 1. The van der Waals surface area contributed by atoms with E-state index in [1.54, 1.807) is 42.5 Å². The van der Waals surface area contributed by atoms with Gasteiger partial charge in [0, 0.05) is 21.6 Å². The highest BCUT2D eigenvalue weighted by atomic mass is 35.5. The quantitative estimate of drug-likeness (QED) is 0.712. The number of H-pyrrole nitrogens is 1. The average molecular weight is 360 g/mol. The average Bonchev–Trinajstić information content (AvgIpc) is 2.91. The lowest BCUT2D eigenvalue weighted by molar-refractivity contribution is 0.102. The molecule has 0 aliphatic rings. The molecule has 0 bridgehead atoms. The lowest BCUT2D eigenvalue weighted by Gasteiger charge is -2.06. The van der Waals surface area contributed by atoms with E-state index in [4.69, 9.17) is 33.2 Å². The maximum atomic E-state index is 12.4. The number of nitriles is 1. The Kier molecular flexibility index (Phi) is 4.61. The normalized spacial score (nSPS) is 10.4. The monoisotopic (exact) mass is 359 g/mol. The van der Waals surface area contributed by atoms with Gasteiger partial charge in [-0.05, 0) is 42.5 Å². The van der Waals surface area contributed by atoms with E-state index in [9.17, 15) is 4.79 Å².